The van der Waals surface area contributed by atoms with E-state index in [0.29, 0.717) is 25.4 Å². The Balaban J connectivity index is 2.09. The van der Waals surface area contributed by atoms with Gasteiger partial charge in [0.05, 0.1) is 19.1 Å². The predicted molar refractivity (Wildman–Crippen MR) is 63.5 cm³/mol. The maximum Gasteiger partial charge on any atom is 0.178 e. The van der Waals surface area contributed by atoms with E-state index in [-0.39, 0.29) is 16.7 Å². The lowest BCUT2D eigenvalue weighted by Gasteiger charge is -2.43. The Morgan fingerprint density at radius 3 is 2.41 bits per heavy atom. The van der Waals surface area contributed by atoms with Crippen LogP contribution >= 0.6 is 0 Å². The molecule has 1 heterocycles. The molecule has 0 N–H and O–H groups in total. The molecule has 0 aromatic rings. The van der Waals surface area contributed by atoms with E-state index in [4.69, 9.17) is 9.47 Å². The van der Waals surface area contributed by atoms with Crippen molar-refractivity contribution in [3.8, 4) is 0 Å². The lowest BCUT2D eigenvalue weighted by atomic mass is 9.64. The van der Waals surface area contributed by atoms with Crippen LogP contribution in [0.2, 0.25) is 0 Å². The van der Waals surface area contributed by atoms with Gasteiger partial charge in [-0.25, -0.2) is 0 Å². The highest BCUT2D eigenvalue weighted by Crippen LogP contribution is 2.63. The summed E-state index contributed by atoms with van der Waals surface area (Å²) in [6.45, 7) is 7.98. The van der Waals surface area contributed by atoms with Crippen LogP contribution in [0, 0.1) is 16.7 Å². The summed E-state index contributed by atoms with van der Waals surface area (Å²) in [6, 6.07) is 0. The second-order valence-corrected chi connectivity index (χ2v) is 6.72. The molecule has 1 spiro atoms. The van der Waals surface area contributed by atoms with Crippen molar-refractivity contribution < 1.29 is 14.3 Å². The minimum Gasteiger partial charge on any atom is -0.347 e. The Labute approximate surface area is 103 Å². The number of fused-ring (bicyclic) bond motifs is 3. The molecule has 3 aliphatic rings. The van der Waals surface area contributed by atoms with E-state index < -0.39 is 5.79 Å². The zero-order valence-electron chi connectivity index (χ0n) is 11.0. The molecule has 3 rings (SSSR count). The van der Waals surface area contributed by atoms with Gasteiger partial charge < -0.3 is 9.47 Å². The van der Waals surface area contributed by atoms with Crippen molar-refractivity contribution in [2.24, 2.45) is 16.7 Å². The van der Waals surface area contributed by atoms with Gasteiger partial charge in [0.15, 0.2) is 5.79 Å². The molecular formula is C14H22O3. The summed E-state index contributed by atoms with van der Waals surface area (Å²) in [5, 5.41) is 0. The molecule has 2 saturated carbocycles. The van der Waals surface area contributed by atoms with Gasteiger partial charge in [0.2, 0.25) is 0 Å². The van der Waals surface area contributed by atoms with E-state index >= 15 is 0 Å². The number of Topliss-reactive ketones (excluding diaryl/α,β-unsaturated/α-hetero) is 1. The van der Waals surface area contributed by atoms with Crippen LogP contribution < -0.4 is 0 Å². The molecule has 1 aliphatic heterocycles. The molecule has 0 aromatic carbocycles. The standard InChI is InChI=1S/C14H22O3/c1-12(2)11-10(15)9-13(12,3)5-4-6-14(11)16-7-8-17-14/h11H,4-9H2,1-3H3/t11-,13+/m1/s1. The summed E-state index contributed by atoms with van der Waals surface area (Å²) >= 11 is 0. The quantitative estimate of drug-likeness (QED) is 0.650. The van der Waals surface area contributed by atoms with Crippen LogP contribution in [-0.4, -0.2) is 24.8 Å². The molecule has 2 aliphatic carbocycles. The average molecular weight is 238 g/mol. The smallest absolute Gasteiger partial charge is 0.178 e. The summed E-state index contributed by atoms with van der Waals surface area (Å²) in [6.07, 6.45) is 3.78. The first-order chi connectivity index (χ1) is 7.91. The molecule has 2 bridgehead atoms. The van der Waals surface area contributed by atoms with E-state index in [9.17, 15) is 4.79 Å². The highest BCUT2D eigenvalue weighted by molar-refractivity contribution is 5.86. The van der Waals surface area contributed by atoms with Crippen molar-refractivity contribution in [3.63, 3.8) is 0 Å². The van der Waals surface area contributed by atoms with Crippen molar-refractivity contribution in [2.75, 3.05) is 13.2 Å². The molecule has 17 heavy (non-hydrogen) atoms. The summed E-state index contributed by atoms with van der Waals surface area (Å²) in [4.78, 5) is 12.4. The van der Waals surface area contributed by atoms with Gasteiger partial charge in [-0.2, -0.15) is 0 Å². The Bertz CT molecular complexity index is 354. The van der Waals surface area contributed by atoms with Crippen LogP contribution in [0.1, 0.15) is 46.5 Å². The topological polar surface area (TPSA) is 35.5 Å². The highest BCUT2D eigenvalue weighted by atomic mass is 16.7. The van der Waals surface area contributed by atoms with Crippen molar-refractivity contribution in [1.82, 2.24) is 0 Å². The normalized spacial score (nSPS) is 43.0. The largest absolute Gasteiger partial charge is 0.347 e. The molecule has 0 radical (unpaired) electrons. The first-order valence-electron chi connectivity index (χ1n) is 6.72. The highest BCUT2D eigenvalue weighted by Gasteiger charge is 2.66. The minimum atomic E-state index is -0.602. The zero-order chi connectivity index (χ0) is 12.3. The number of carbonyl (C=O) groups excluding carboxylic acids is 1. The number of ether oxygens (including phenoxy) is 2. The van der Waals surface area contributed by atoms with Crippen molar-refractivity contribution in [2.45, 2.75) is 52.2 Å². The number of hydrogen-bond acceptors (Lipinski definition) is 3. The summed E-state index contributed by atoms with van der Waals surface area (Å²) in [7, 11) is 0. The Hall–Kier alpha value is -0.410. The molecular weight excluding hydrogens is 216 g/mol. The second-order valence-electron chi connectivity index (χ2n) is 6.72. The molecule has 3 heteroatoms. The Morgan fingerprint density at radius 2 is 1.76 bits per heavy atom. The van der Waals surface area contributed by atoms with Crippen molar-refractivity contribution in [3.05, 3.63) is 0 Å². The SMILES string of the molecule is CC1(C)[C@H]2C(=O)C[C@]1(C)CCCC21OCCO1. The van der Waals surface area contributed by atoms with Gasteiger partial charge in [0.1, 0.15) is 5.78 Å². The fourth-order valence-electron chi connectivity index (χ4n) is 4.32. The average Bonchev–Trinajstić information content (AvgIpc) is 2.68. The van der Waals surface area contributed by atoms with E-state index in [1.807, 2.05) is 0 Å². The summed E-state index contributed by atoms with van der Waals surface area (Å²) in [5.41, 5.74) is 0.0957. The molecule has 3 fully saturated rings. The molecule has 3 nitrogen and oxygen atoms in total. The lowest BCUT2D eigenvalue weighted by molar-refractivity contribution is -0.214. The predicted octanol–water partition coefficient (Wildman–Crippen LogP) is 2.53. The summed E-state index contributed by atoms with van der Waals surface area (Å²) in [5.74, 6) is -0.335. The number of hydrogen-bond donors (Lipinski definition) is 0. The minimum absolute atomic E-state index is 0.0229. The molecule has 0 aromatic heterocycles. The van der Waals surface area contributed by atoms with Gasteiger partial charge in [-0.15, -0.1) is 0 Å². The van der Waals surface area contributed by atoms with Gasteiger partial charge in [-0.05, 0) is 23.7 Å². The molecule has 96 valence electrons. The van der Waals surface area contributed by atoms with Crippen LogP contribution in [0.15, 0.2) is 0 Å². The maximum absolute atomic E-state index is 12.4. The Morgan fingerprint density at radius 1 is 1.12 bits per heavy atom. The van der Waals surface area contributed by atoms with Crippen molar-refractivity contribution in [1.29, 1.82) is 0 Å². The molecule has 0 unspecified atom stereocenters. The monoisotopic (exact) mass is 238 g/mol. The van der Waals surface area contributed by atoms with Crippen LogP contribution in [0.5, 0.6) is 0 Å². The zero-order valence-corrected chi connectivity index (χ0v) is 11.0. The third-order valence-electron chi connectivity index (χ3n) is 5.63. The van der Waals surface area contributed by atoms with E-state index in [0.717, 1.165) is 19.3 Å². The van der Waals surface area contributed by atoms with Crippen molar-refractivity contribution >= 4 is 5.78 Å². The summed E-state index contributed by atoms with van der Waals surface area (Å²) < 4.78 is 11.8. The van der Waals surface area contributed by atoms with Gasteiger partial charge in [-0.3, -0.25) is 4.79 Å². The van der Waals surface area contributed by atoms with Gasteiger partial charge >= 0.3 is 0 Å². The maximum atomic E-state index is 12.4. The fraction of sp³-hybridized carbons (Fsp3) is 0.929. The second kappa shape index (κ2) is 3.33. The van der Waals surface area contributed by atoms with Gasteiger partial charge in [0, 0.05) is 12.8 Å². The number of carbonyl (C=O) groups is 1. The molecule has 1 saturated heterocycles. The van der Waals surface area contributed by atoms with Crippen LogP contribution in [-0.2, 0) is 14.3 Å². The fourth-order valence-corrected chi connectivity index (χ4v) is 4.32. The van der Waals surface area contributed by atoms with E-state index in [1.54, 1.807) is 0 Å². The number of ketones is 1. The number of rotatable bonds is 0. The first kappa shape index (κ1) is 11.7. The van der Waals surface area contributed by atoms with Gasteiger partial charge in [0.25, 0.3) is 0 Å². The molecule has 2 atom stereocenters. The lowest BCUT2D eigenvalue weighted by Crippen LogP contribution is -2.48. The van der Waals surface area contributed by atoms with Gasteiger partial charge in [-0.1, -0.05) is 20.8 Å². The van der Waals surface area contributed by atoms with Crippen LogP contribution in [0.3, 0.4) is 0 Å². The Kier molecular flexibility index (Phi) is 2.28. The first-order valence-corrected chi connectivity index (χ1v) is 6.72. The molecule has 0 amide bonds. The van der Waals surface area contributed by atoms with Crippen LogP contribution in [0.4, 0.5) is 0 Å². The third-order valence-corrected chi connectivity index (χ3v) is 5.63. The van der Waals surface area contributed by atoms with E-state index in [2.05, 4.69) is 20.8 Å². The van der Waals surface area contributed by atoms with Crippen LogP contribution in [0.25, 0.3) is 0 Å². The third kappa shape index (κ3) is 1.33. The van der Waals surface area contributed by atoms with E-state index in [1.165, 1.54) is 0 Å².